The normalized spacial score (nSPS) is 26.0. The van der Waals surface area contributed by atoms with Crippen molar-refractivity contribution < 1.29 is 14.6 Å². The second-order valence-electron chi connectivity index (χ2n) is 3.03. The van der Waals surface area contributed by atoms with Crippen molar-refractivity contribution in [2.75, 3.05) is 13.2 Å². The number of carboxylic acid groups (broad SMARTS) is 1. The number of carboxylic acids is 1. The van der Waals surface area contributed by atoms with Gasteiger partial charge in [-0.3, -0.25) is 4.79 Å². The molecule has 0 aromatic rings. The Kier molecular flexibility index (Phi) is 3.36. The van der Waals surface area contributed by atoms with E-state index < -0.39 is 5.97 Å². The Morgan fingerprint density at radius 1 is 1.55 bits per heavy atom. The standard InChI is InChI=1S/C8H14O3/c9-8(10)5-7-3-1-2-4-11-6-7/h7H,1-6H2,(H,9,10). The van der Waals surface area contributed by atoms with Crippen LogP contribution in [0.1, 0.15) is 25.7 Å². The largest absolute Gasteiger partial charge is 0.481 e. The maximum atomic E-state index is 10.3. The first-order valence-corrected chi connectivity index (χ1v) is 4.08. The first-order valence-electron chi connectivity index (χ1n) is 4.08. The third-order valence-electron chi connectivity index (χ3n) is 1.97. The predicted molar refractivity (Wildman–Crippen MR) is 40.4 cm³/mol. The zero-order valence-electron chi connectivity index (χ0n) is 6.58. The lowest BCUT2D eigenvalue weighted by molar-refractivity contribution is -0.138. The molecule has 1 rings (SSSR count). The summed E-state index contributed by atoms with van der Waals surface area (Å²) >= 11 is 0. The quantitative estimate of drug-likeness (QED) is 0.658. The average molecular weight is 158 g/mol. The minimum absolute atomic E-state index is 0.245. The minimum atomic E-state index is -0.708. The molecule has 0 spiro atoms. The maximum absolute atomic E-state index is 10.3. The molecule has 1 aliphatic heterocycles. The van der Waals surface area contributed by atoms with Gasteiger partial charge in [0.05, 0.1) is 6.42 Å². The molecule has 11 heavy (non-hydrogen) atoms. The summed E-state index contributed by atoms with van der Waals surface area (Å²) in [4.78, 5) is 10.3. The molecule has 0 radical (unpaired) electrons. The van der Waals surface area contributed by atoms with Crippen LogP contribution in [0, 0.1) is 5.92 Å². The van der Waals surface area contributed by atoms with Gasteiger partial charge in [-0.05, 0) is 18.8 Å². The molecule has 0 bridgehead atoms. The van der Waals surface area contributed by atoms with Crippen molar-refractivity contribution in [2.45, 2.75) is 25.7 Å². The van der Waals surface area contributed by atoms with Gasteiger partial charge in [0.25, 0.3) is 0 Å². The van der Waals surface area contributed by atoms with Crippen molar-refractivity contribution in [3.05, 3.63) is 0 Å². The molecule has 1 N–H and O–H groups in total. The van der Waals surface area contributed by atoms with Gasteiger partial charge in [-0.1, -0.05) is 6.42 Å². The fourth-order valence-corrected chi connectivity index (χ4v) is 1.38. The Morgan fingerprint density at radius 3 is 3.09 bits per heavy atom. The monoisotopic (exact) mass is 158 g/mol. The van der Waals surface area contributed by atoms with Crippen LogP contribution < -0.4 is 0 Å². The van der Waals surface area contributed by atoms with E-state index in [0.29, 0.717) is 6.61 Å². The fraction of sp³-hybridized carbons (Fsp3) is 0.875. The fourth-order valence-electron chi connectivity index (χ4n) is 1.38. The van der Waals surface area contributed by atoms with Crippen molar-refractivity contribution in [3.63, 3.8) is 0 Å². The number of hydrogen-bond donors (Lipinski definition) is 1. The van der Waals surface area contributed by atoms with E-state index >= 15 is 0 Å². The lowest BCUT2D eigenvalue weighted by Crippen LogP contribution is -2.12. The van der Waals surface area contributed by atoms with Gasteiger partial charge in [0.15, 0.2) is 0 Å². The maximum Gasteiger partial charge on any atom is 0.303 e. The summed E-state index contributed by atoms with van der Waals surface area (Å²) in [5.74, 6) is -0.462. The average Bonchev–Trinajstić information content (AvgIpc) is 2.14. The molecule has 1 heterocycles. The van der Waals surface area contributed by atoms with E-state index in [1.165, 1.54) is 0 Å². The molecule has 1 fully saturated rings. The van der Waals surface area contributed by atoms with Crippen LogP contribution in [0.25, 0.3) is 0 Å². The molecule has 0 amide bonds. The van der Waals surface area contributed by atoms with Crippen LogP contribution >= 0.6 is 0 Å². The van der Waals surface area contributed by atoms with Crippen LogP contribution in [0.3, 0.4) is 0 Å². The van der Waals surface area contributed by atoms with E-state index in [2.05, 4.69) is 0 Å². The van der Waals surface area contributed by atoms with E-state index in [1.54, 1.807) is 0 Å². The topological polar surface area (TPSA) is 46.5 Å². The summed E-state index contributed by atoms with van der Waals surface area (Å²) in [5, 5.41) is 8.50. The summed E-state index contributed by atoms with van der Waals surface area (Å²) in [6, 6.07) is 0. The van der Waals surface area contributed by atoms with Crippen molar-refractivity contribution in [2.24, 2.45) is 5.92 Å². The Labute approximate surface area is 66.4 Å². The van der Waals surface area contributed by atoms with E-state index in [4.69, 9.17) is 9.84 Å². The van der Waals surface area contributed by atoms with Crippen molar-refractivity contribution in [1.82, 2.24) is 0 Å². The third kappa shape index (κ3) is 3.37. The van der Waals surface area contributed by atoms with Crippen LogP contribution in [0.4, 0.5) is 0 Å². The van der Waals surface area contributed by atoms with Crippen molar-refractivity contribution in [3.8, 4) is 0 Å². The minimum Gasteiger partial charge on any atom is -0.481 e. The van der Waals surface area contributed by atoms with Crippen LogP contribution in [-0.2, 0) is 9.53 Å². The van der Waals surface area contributed by atoms with E-state index in [0.717, 1.165) is 25.9 Å². The Morgan fingerprint density at radius 2 is 2.36 bits per heavy atom. The highest BCUT2D eigenvalue weighted by atomic mass is 16.5. The zero-order valence-corrected chi connectivity index (χ0v) is 6.58. The number of aliphatic carboxylic acids is 1. The molecule has 0 aliphatic carbocycles. The lowest BCUT2D eigenvalue weighted by atomic mass is 10.0. The number of ether oxygens (including phenoxy) is 1. The molecular weight excluding hydrogens is 144 g/mol. The van der Waals surface area contributed by atoms with Crippen LogP contribution in [0.15, 0.2) is 0 Å². The van der Waals surface area contributed by atoms with Crippen molar-refractivity contribution in [1.29, 1.82) is 0 Å². The van der Waals surface area contributed by atoms with E-state index in [9.17, 15) is 4.79 Å². The van der Waals surface area contributed by atoms with Gasteiger partial charge in [0.2, 0.25) is 0 Å². The highest BCUT2D eigenvalue weighted by Gasteiger charge is 2.15. The van der Waals surface area contributed by atoms with Gasteiger partial charge in [0, 0.05) is 13.2 Å². The smallest absolute Gasteiger partial charge is 0.303 e. The van der Waals surface area contributed by atoms with Gasteiger partial charge in [-0.2, -0.15) is 0 Å². The molecule has 0 saturated carbocycles. The van der Waals surface area contributed by atoms with Gasteiger partial charge < -0.3 is 9.84 Å². The Balaban J connectivity index is 2.25. The summed E-state index contributed by atoms with van der Waals surface area (Å²) in [6.07, 6.45) is 3.46. The summed E-state index contributed by atoms with van der Waals surface area (Å²) in [5.41, 5.74) is 0. The second-order valence-corrected chi connectivity index (χ2v) is 3.03. The van der Waals surface area contributed by atoms with Gasteiger partial charge in [-0.25, -0.2) is 0 Å². The molecule has 1 atom stereocenters. The number of carbonyl (C=O) groups is 1. The highest BCUT2D eigenvalue weighted by molar-refractivity contribution is 5.67. The van der Waals surface area contributed by atoms with Gasteiger partial charge in [0.1, 0.15) is 0 Å². The van der Waals surface area contributed by atoms with Crippen LogP contribution in [0.2, 0.25) is 0 Å². The number of rotatable bonds is 2. The Hall–Kier alpha value is -0.570. The lowest BCUT2D eigenvalue weighted by Gasteiger charge is -2.09. The highest BCUT2D eigenvalue weighted by Crippen LogP contribution is 2.16. The molecule has 3 heteroatoms. The van der Waals surface area contributed by atoms with Gasteiger partial charge in [-0.15, -0.1) is 0 Å². The molecule has 1 unspecified atom stereocenters. The van der Waals surface area contributed by atoms with Crippen molar-refractivity contribution >= 4 is 5.97 Å². The third-order valence-corrected chi connectivity index (χ3v) is 1.97. The Bertz CT molecular complexity index is 125. The zero-order chi connectivity index (χ0) is 8.10. The molecule has 1 saturated heterocycles. The number of hydrogen-bond acceptors (Lipinski definition) is 2. The van der Waals surface area contributed by atoms with Gasteiger partial charge >= 0.3 is 5.97 Å². The second kappa shape index (κ2) is 4.34. The molecule has 64 valence electrons. The summed E-state index contributed by atoms with van der Waals surface area (Å²) < 4.78 is 5.24. The summed E-state index contributed by atoms with van der Waals surface area (Å²) in [7, 11) is 0. The SMILES string of the molecule is O=C(O)CC1CCCCOC1. The van der Waals surface area contributed by atoms with E-state index in [-0.39, 0.29) is 12.3 Å². The van der Waals surface area contributed by atoms with E-state index in [1.807, 2.05) is 0 Å². The molecular formula is C8H14O3. The molecule has 1 aliphatic rings. The van der Waals surface area contributed by atoms with Crippen LogP contribution in [0.5, 0.6) is 0 Å². The predicted octanol–water partition coefficient (Wildman–Crippen LogP) is 1.28. The summed E-state index contributed by atoms with van der Waals surface area (Å²) in [6.45, 7) is 1.43. The molecule has 0 aromatic carbocycles. The first kappa shape index (κ1) is 8.53. The first-order chi connectivity index (χ1) is 5.29. The molecule has 0 aromatic heterocycles. The molecule has 3 nitrogen and oxygen atoms in total. The van der Waals surface area contributed by atoms with Crippen LogP contribution in [-0.4, -0.2) is 24.3 Å².